The summed E-state index contributed by atoms with van der Waals surface area (Å²) in [5, 5.41) is 0. The number of aromatic nitrogens is 2. The SMILES string of the molecule is Cc1cccc(C(=O)N2CCO[C@H]3[C@H](OCc4ccncc4)CC[C@@H]32)n1. The van der Waals surface area contributed by atoms with Crippen molar-refractivity contribution >= 4 is 5.91 Å². The smallest absolute Gasteiger partial charge is 0.272 e. The lowest BCUT2D eigenvalue weighted by Gasteiger charge is -2.39. The Balaban J connectivity index is 1.43. The van der Waals surface area contributed by atoms with Gasteiger partial charge in [0.25, 0.3) is 5.91 Å². The van der Waals surface area contributed by atoms with Crippen molar-refractivity contribution in [2.45, 2.75) is 44.6 Å². The number of rotatable bonds is 4. The number of hydrogen-bond acceptors (Lipinski definition) is 5. The predicted octanol–water partition coefficient (Wildman–Crippen LogP) is 2.37. The van der Waals surface area contributed by atoms with Crippen LogP contribution in [0, 0.1) is 6.92 Å². The van der Waals surface area contributed by atoms with Crippen molar-refractivity contribution in [3.63, 3.8) is 0 Å². The number of carbonyl (C=O) groups is 1. The summed E-state index contributed by atoms with van der Waals surface area (Å²) in [5.41, 5.74) is 2.45. The van der Waals surface area contributed by atoms with E-state index in [-0.39, 0.29) is 24.2 Å². The molecule has 1 saturated carbocycles. The lowest BCUT2D eigenvalue weighted by Crippen LogP contribution is -2.54. The van der Waals surface area contributed by atoms with Gasteiger partial charge in [-0.1, -0.05) is 6.07 Å². The van der Waals surface area contributed by atoms with E-state index < -0.39 is 0 Å². The summed E-state index contributed by atoms with van der Waals surface area (Å²) in [6, 6.07) is 9.52. The Morgan fingerprint density at radius 3 is 2.92 bits per heavy atom. The van der Waals surface area contributed by atoms with E-state index in [9.17, 15) is 4.79 Å². The third-order valence-electron chi connectivity index (χ3n) is 5.12. The monoisotopic (exact) mass is 353 g/mol. The number of aryl methyl sites for hydroxylation is 1. The van der Waals surface area contributed by atoms with Crippen LogP contribution in [0.2, 0.25) is 0 Å². The van der Waals surface area contributed by atoms with Crippen LogP contribution in [-0.4, -0.2) is 52.2 Å². The van der Waals surface area contributed by atoms with Gasteiger partial charge in [-0.15, -0.1) is 0 Å². The summed E-state index contributed by atoms with van der Waals surface area (Å²) >= 11 is 0. The maximum absolute atomic E-state index is 12.9. The van der Waals surface area contributed by atoms with Gasteiger partial charge in [-0.05, 0) is 49.6 Å². The first-order chi connectivity index (χ1) is 12.7. The summed E-state index contributed by atoms with van der Waals surface area (Å²) in [5.74, 6) is -0.0122. The van der Waals surface area contributed by atoms with Crippen molar-refractivity contribution in [1.82, 2.24) is 14.9 Å². The molecular weight excluding hydrogens is 330 g/mol. The topological polar surface area (TPSA) is 64.6 Å². The third kappa shape index (κ3) is 3.48. The number of carbonyl (C=O) groups excluding carboxylic acids is 1. The van der Waals surface area contributed by atoms with Crippen molar-refractivity contribution in [2.75, 3.05) is 13.2 Å². The van der Waals surface area contributed by atoms with Gasteiger partial charge in [-0.2, -0.15) is 0 Å². The first-order valence-corrected chi connectivity index (χ1v) is 9.09. The molecule has 2 aromatic heterocycles. The third-order valence-corrected chi connectivity index (χ3v) is 5.12. The number of morpholine rings is 1. The molecule has 0 unspecified atom stereocenters. The lowest BCUT2D eigenvalue weighted by atomic mass is 10.1. The molecule has 1 aliphatic carbocycles. The quantitative estimate of drug-likeness (QED) is 0.844. The second kappa shape index (κ2) is 7.51. The van der Waals surface area contributed by atoms with Crippen molar-refractivity contribution in [2.24, 2.45) is 0 Å². The zero-order valence-electron chi connectivity index (χ0n) is 14.9. The van der Waals surface area contributed by atoms with E-state index in [2.05, 4.69) is 9.97 Å². The van der Waals surface area contributed by atoms with E-state index in [1.807, 2.05) is 36.1 Å². The van der Waals surface area contributed by atoms with Gasteiger partial charge in [-0.3, -0.25) is 9.78 Å². The Morgan fingerprint density at radius 2 is 2.12 bits per heavy atom. The van der Waals surface area contributed by atoms with Crippen LogP contribution in [0.1, 0.15) is 34.6 Å². The molecule has 0 radical (unpaired) electrons. The fourth-order valence-corrected chi connectivity index (χ4v) is 3.84. The first-order valence-electron chi connectivity index (χ1n) is 9.09. The fourth-order valence-electron chi connectivity index (χ4n) is 3.84. The molecular formula is C20H23N3O3. The molecule has 3 atom stereocenters. The van der Waals surface area contributed by atoms with E-state index in [0.717, 1.165) is 24.1 Å². The highest BCUT2D eigenvalue weighted by atomic mass is 16.5. The molecule has 2 fully saturated rings. The molecule has 3 heterocycles. The second-order valence-corrected chi connectivity index (χ2v) is 6.85. The molecule has 1 aliphatic heterocycles. The molecule has 0 N–H and O–H groups in total. The highest BCUT2D eigenvalue weighted by Gasteiger charge is 2.45. The number of ether oxygens (including phenoxy) is 2. The zero-order chi connectivity index (χ0) is 17.9. The van der Waals surface area contributed by atoms with E-state index in [1.54, 1.807) is 18.5 Å². The minimum atomic E-state index is -0.0700. The van der Waals surface area contributed by atoms with Crippen LogP contribution in [0.4, 0.5) is 0 Å². The number of amides is 1. The molecule has 26 heavy (non-hydrogen) atoms. The maximum atomic E-state index is 12.9. The van der Waals surface area contributed by atoms with Crippen molar-refractivity contribution in [1.29, 1.82) is 0 Å². The molecule has 1 saturated heterocycles. The van der Waals surface area contributed by atoms with Crippen molar-refractivity contribution < 1.29 is 14.3 Å². The van der Waals surface area contributed by atoms with Gasteiger partial charge in [0.05, 0.1) is 25.4 Å². The molecule has 2 aromatic rings. The van der Waals surface area contributed by atoms with Crippen LogP contribution in [-0.2, 0) is 16.1 Å². The molecule has 1 amide bonds. The minimum absolute atomic E-state index is 0.00855. The Labute approximate surface area is 153 Å². The largest absolute Gasteiger partial charge is 0.372 e. The van der Waals surface area contributed by atoms with E-state index in [0.29, 0.717) is 25.5 Å². The normalized spacial score (nSPS) is 25.1. The van der Waals surface area contributed by atoms with Crippen LogP contribution in [0.5, 0.6) is 0 Å². The number of nitrogens with zero attached hydrogens (tertiary/aromatic N) is 3. The van der Waals surface area contributed by atoms with Gasteiger partial charge in [-0.25, -0.2) is 4.98 Å². The summed E-state index contributed by atoms with van der Waals surface area (Å²) in [7, 11) is 0. The van der Waals surface area contributed by atoms with Crippen LogP contribution in [0.3, 0.4) is 0 Å². The molecule has 2 aliphatic rings. The highest BCUT2D eigenvalue weighted by molar-refractivity contribution is 5.92. The molecule has 6 heteroatoms. The number of pyridine rings is 2. The van der Waals surface area contributed by atoms with Crippen molar-refractivity contribution in [3.05, 3.63) is 59.7 Å². The van der Waals surface area contributed by atoms with Gasteiger partial charge >= 0.3 is 0 Å². The van der Waals surface area contributed by atoms with Gasteiger partial charge in [0, 0.05) is 24.6 Å². The first kappa shape index (κ1) is 17.1. The zero-order valence-corrected chi connectivity index (χ0v) is 14.9. The average molecular weight is 353 g/mol. The molecule has 6 nitrogen and oxygen atoms in total. The highest BCUT2D eigenvalue weighted by Crippen LogP contribution is 2.33. The van der Waals surface area contributed by atoms with Gasteiger partial charge in [0.1, 0.15) is 11.8 Å². The lowest BCUT2D eigenvalue weighted by molar-refractivity contribution is -0.108. The fraction of sp³-hybridized carbons (Fsp3) is 0.450. The molecule has 136 valence electrons. The summed E-state index contributed by atoms with van der Waals surface area (Å²) in [4.78, 5) is 23.3. The molecule has 0 spiro atoms. The number of hydrogen-bond donors (Lipinski definition) is 0. The standard InChI is InChI=1S/C20H23N3O3/c1-14-3-2-4-16(22-14)20(24)23-11-12-25-19-17(23)5-6-18(19)26-13-15-7-9-21-10-8-15/h2-4,7-10,17-19H,5-6,11-13H2,1H3/t17-,18+,19+/m0/s1. The van der Waals surface area contributed by atoms with Crippen LogP contribution in [0.15, 0.2) is 42.7 Å². The van der Waals surface area contributed by atoms with E-state index in [4.69, 9.17) is 9.47 Å². The average Bonchev–Trinajstić information content (AvgIpc) is 3.10. The van der Waals surface area contributed by atoms with E-state index in [1.165, 1.54) is 0 Å². The summed E-state index contributed by atoms with van der Waals surface area (Å²) in [6.07, 6.45) is 5.26. The van der Waals surface area contributed by atoms with Gasteiger partial charge < -0.3 is 14.4 Å². The Kier molecular flexibility index (Phi) is 4.95. The molecule has 0 bridgehead atoms. The van der Waals surface area contributed by atoms with Crippen LogP contribution < -0.4 is 0 Å². The van der Waals surface area contributed by atoms with Gasteiger partial charge in [0.15, 0.2) is 0 Å². The van der Waals surface area contributed by atoms with Crippen LogP contribution in [0.25, 0.3) is 0 Å². The minimum Gasteiger partial charge on any atom is -0.372 e. The van der Waals surface area contributed by atoms with Crippen LogP contribution >= 0.6 is 0 Å². The summed E-state index contributed by atoms with van der Waals surface area (Å²) < 4.78 is 12.1. The second-order valence-electron chi connectivity index (χ2n) is 6.85. The molecule has 4 rings (SSSR count). The predicted molar refractivity (Wildman–Crippen MR) is 95.6 cm³/mol. The Morgan fingerprint density at radius 1 is 1.27 bits per heavy atom. The number of fused-ring (bicyclic) bond motifs is 1. The van der Waals surface area contributed by atoms with Crippen molar-refractivity contribution in [3.8, 4) is 0 Å². The Bertz CT molecular complexity index is 768. The molecule has 0 aromatic carbocycles. The summed E-state index contributed by atoms with van der Waals surface area (Å²) in [6.45, 7) is 3.57. The van der Waals surface area contributed by atoms with Gasteiger partial charge in [0.2, 0.25) is 0 Å². The van der Waals surface area contributed by atoms with E-state index >= 15 is 0 Å². The Hall–Kier alpha value is -2.31. The maximum Gasteiger partial charge on any atom is 0.272 e.